The lowest BCUT2D eigenvalue weighted by atomic mass is 10.1. The number of benzene rings is 3. The molecular weight excluding hydrogens is 366 g/mol. The Morgan fingerprint density at radius 1 is 0.966 bits per heavy atom. The summed E-state index contributed by atoms with van der Waals surface area (Å²) in [7, 11) is 0. The first-order valence-electron chi connectivity index (χ1n) is 9.16. The summed E-state index contributed by atoms with van der Waals surface area (Å²) in [5, 5.41) is 6.87. The van der Waals surface area contributed by atoms with Crippen LogP contribution < -0.4 is 10.1 Å². The van der Waals surface area contributed by atoms with Gasteiger partial charge >= 0.3 is 0 Å². The third-order valence-corrected chi connectivity index (χ3v) is 4.24. The molecule has 0 bridgehead atoms. The number of nitrogens with one attached hydrogen (secondary N) is 1. The standard InChI is InChI=1S/C23H19N3O3/c1-16-10-12-17(13-11-16)22-25-23(29-26-22)18-6-5-7-19(14-18)24-21(27)15-28-20-8-3-2-4-9-20/h2-14H,15H2,1H3,(H,24,27). The van der Waals surface area contributed by atoms with Gasteiger partial charge in [0.25, 0.3) is 11.8 Å². The van der Waals surface area contributed by atoms with Crippen molar-refractivity contribution in [2.45, 2.75) is 6.92 Å². The summed E-state index contributed by atoms with van der Waals surface area (Å²) in [5.74, 6) is 1.30. The fourth-order valence-electron chi connectivity index (χ4n) is 2.75. The van der Waals surface area contributed by atoms with Gasteiger partial charge in [-0.2, -0.15) is 4.98 Å². The minimum Gasteiger partial charge on any atom is -0.484 e. The van der Waals surface area contributed by atoms with Gasteiger partial charge in [0.15, 0.2) is 6.61 Å². The van der Waals surface area contributed by atoms with Crippen molar-refractivity contribution in [3.63, 3.8) is 0 Å². The maximum Gasteiger partial charge on any atom is 0.262 e. The van der Waals surface area contributed by atoms with E-state index in [2.05, 4.69) is 15.5 Å². The zero-order chi connectivity index (χ0) is 20.1. The van der Waals surface area contributed by atoms with E-state index in [1.807, 2.05) is 61.5 Å². The normalized spacial score (nSPS) is 10.5. The van der Waals surface area contributed by atoms with Gasteiger partial charge in [-0.15, -0.1) is 0 Å². The van der Waals surface area contributed by atoms with Crippen LogP contribution in [0, 0.1) is 6.92 Å². The van der Waals surface area contributed by atoms with Gasteiger partial charge in [-0.05, 0) is 37.3 Å². The Balaban J connectivity index is 1.43. The number of aromatic nitrogens is 2. The molecule has 1 heterocycles. The molecule has 0 aliphatic rings. The van der Waals surface area contributed by atoms with Crippen LogP contribution in [0.15, 0.2) is 83.4 Å². The average molecular weight is 385 g/mol. The molecule has 1 amide bonds. The van der Waals surface area contributed by atoms with Crippen molar-refractivity contribution < 1.29 is 14.1 Å². The monoisotopic (exact) mass is 385 g/mol. The highest BCUT2D eigenvalue weighted by atomic mass is 16.5. The fraction of sp³-hybridized carbons (Fsp3) is 0.0870. The lowest BCUT2D eigenvalue weighted by molar-refractivity contribution is -0.118. The van der Waals surface area contributed by atoms with Crippen LogP contribution in [0.3, 0.4) is 0 Å². The van der Waals surface area contributed by atoms with Gasteiger partial charge in [-0.1, -0.05) is 59.3 Å². The van der Waals surface area contributed by atoms with Crippen molar-refractivity contribution in [1.29, 1.82) is 0 Å². The molecule has 6 heteroatoms. The second-order valence-corrected chi connectivity index (χ2v) is 6.52. The van der Waals surface area contributed by atoms with E-state index in [1.165, 1.54) is 0 Å². The SMILES string of the molecule is Cc1ccc(-c2noc(-c3cccc(NC(=O)COc4ccccc4)c3)n2)cc1. The van der Waals surface area contributed by atoms with Gasteiger partial charge < -0.3 is 14.6 Å². The number of hydrogen-bond donors (Lipinski definition) is 1. The predicted octanol–water partition coefficient (Wildman–Crippen LogP) is 4.73. The van der Waals surface area contributed by atoms with E-state index < -0.39 is 0 Å². The second-order valence-electron chi connectivity index (χ2n) is 6.52. The molecule has 0 saturated carbocycles. The topological polar surface area (TPSA) is 77.2 Å². The maximum absolute atomic E-state index is 12.2. The molecule has 0 radical (unpaired) electrons. The molecule has 144 valence electrons. The Bertz CT molecular complexity index is 1110. The minimum absolute atomic E-state index is 0.0770. The zero-order valence-corrected chi connectivity index (χ0v) is 15.8. The van der Waals surface area contributed by atoms with E-state index in [4.69, 9.17) is 9.26 Å². The van der Waals surface area contributed by atoms with Crippen LogP contribution in [0.25, 0.3) is 22.8 Å². The third kappa shape index (κ3) is 4.68. The van der Waals surface area contributed by atoms with Gasteiger partial charge in [0.2, 0.25) is 5.82 Å². The quantitative estimate of drug-likeness (QED) is 0.519. The number of aryl methyl sites for hydroxylation is 1. The summed E-state index contributed by atoms with van der Waals surface area (Å²) >= 11 is 0. The maximum atomic E-state index is 12.2. The van der Waals surface area contributed by atoms with E-state index in [0.29, 0.717) is 23.2 Å². The molecule has 0 fully saturated rings. The van der Waals surface area contributed by atoms with Crippen molar-refractivity contribution in [3.05, 3.63) is 84.4 Å². The summed E-state index contributed by atoms with van der Waals surface area (Å²) in [6.45, 7) is 1.95. The Morgan fingerprint density at radius 3 is 2.55 bits per heavy atom. The lowest BCUT2D eigenvalue weighted by Crippen LogP contribution is -2.20. The highest BCUT2D eigenvalue weighted by molar-refractivity contribution is 5.92. The van der Waals surface area contributed by atoms with E-state index in [-0.39, 0.29) is 12.5 Å². The molecule has 3 aromatic carbocycles. The summed E-state index contributed by atoms with van der Waals surface area (Å²) in [6, 6.07) is 24.3. The van der Waals surface area contributed by atoms with E-state index in [9.17, 15) is 4.79 Å². The van der Waals surface area contributed by atoms with Crippen molar-refractivity contribution in [2.24, 2.45) is 0 Å². The Morgan fingerprint density at radius 2 is 1.76 bits per heavy atom. The van der Waals surface area contributed by atoms with E-state index in [0.717, 1.165) is 16.7 Å². The van der Waals surface area contributed by atoms with Crippen molar-refractivity contribution in [2.75, 3.05) is 11.9 Å². The van der Waals surface area contributed by atoms with Crippen molar-refractivity contribution in [1.82, 2.24) is 10.1 Å². The smallest absolute Gasteiger partial charge is 0.262 e. The average Bonchev–Trinajstić information content (AvgIpc) is 3.24. The molecule has 0 aliphatic carbocycles. The van der Waals surface area contributed by atoms with Gasteiger partial charge in [-0.25, -0.2) is 0 Å². The summed E-state index contributed by atoms with van der Waals surface area (Å²) in [6.07, 6.45) is 0. The summed E-state index contributed by atoms with van der Waals surface area (Å²) in [4.78, 5) is 16.6. The van der Waals surface area contributed by atoms with Crippen molar-refractivity contribution in [3.8, 4) is 28.6 Å². The number of carbonyl (C=O) groups excluding carboxylic acids is 1. The van der Waals surface area contributed by atoms with Gasteiger partial charge in [-0.3, -0.25) is 4.79 Å². The number of rotatable bonds is 6. The molecule has 0 unspecified atom stereocenters. The van der Waals surface area contributed by atoms with Crippen LogP contribution in [0.1, 0.15) is 5.56 Å². The number of hydrogen-bond acceptors (Lipinski definition) is 5. The van der Waals surface area contributed by atoms with Crippen LogP contribution in [0.4, 0.5) is 5.69 Å². The fourth-order valence-corrected chi connectivity index (χ4v) is 2.75. The van der Waals surface area contributed by atoms with Crippen LogP contribution >= 0.6 is 0 Å². The predicted molar refractivity (Wildman–Crippen MR) is 110 cm³/mol. The van der Waals surface area contributed by atoms with Crippen LogP contribution in [-0.4, -0.2) is 22.7 Å². The number of anilines is 1. The second kappa shape index (κ2) is 8.39. The van der Waals surface area contributed by atoms with Crippen LogP contribution in [0.2, 0.25) is 0 Å². The molecule has 4 rings (SSSR count). The van der Waals surface area contributed by atoms with Gasteiger partial charge in [0, 0.05) is 16.8 Å². The molecule has 0 saturated heterocycles. The number of amides is 1. The summed E-state index contributed by atoms with van der Waals surface area (Å²) < 4.78 is 10.9. The number of carbonyl (C=O) groups is 1. The molecule has 4 aromatic rings. The molecule has 0 spiro atoms. The largest absolute Gasteiger partial charge is 0.484 e. The first-order valence-corrected chi connectivity index (χ1v) is 9.16. The van der Waals surface area contributed by atoms with E-state index >= 15 is 0 Å². The zero-order valence-electron chi connectivity index (χ0n) is 15.8. The first-order chi connectivity index (χ1) is 14.2. The Labute approximate surface area is 168 Å². The Kier molecular flexibility index (Phi) is 5.33. The van der Waals surface area contributed by atoms with Crippen LogP contribution in [0.5, 0.6) is 5.75 Å². The molecule has 29 heavy (non-hydrogen) atoms. The molecular formula is C23H19N3O3. The number of ether oxygens (including phenoxy) is 1. The van der Waals surface area contributed by atoms with E-state index in [1.54, 1.807) is 24.3 Å². The minimum atomic E-state index is -0.253. The number of nitrogens with zero attached hydrogens (tertiary/aromatic N) is 2. The first kappa shape index (κ1) is 18.4. The molecule has 0 atom stereocenters. The third-order valence-electron chi connectivity index (χ3n) is 4.24. The molecule has 1 aromatic heterocycles. The van der Waals surface area contributed by atoms with Gasteiger partial charge in [0.1, 0.15) is 5.75 Å². The molecule has 6 nitrogen and oxygen atoms in total. The van der Waals surface area contributed by atoms with Crippen LogP contribution in [-0.2, 0) is 4.79 Å². The molecule has 1 N–H and O–H groups in total. The van der Waals surface area contributed by atoms with Gasteiger partial charge in [0.05, 0.1) is 0 Å². The highest BCUT2D eigenvalue weighted by Crippen LogP contribution is 2.24. The highest BCUT2D eigenvalue weighted by Gasteiger charge is 2.12. The molecule has 0 aliphatic heterocycles. The number of para-hydroxylation sites is 1. The Hall–Kier alpha value is -3.93. The summed E-state index contributed by atoms with van der Waals surface area (Å²) in [5.41, 5.74) is 3.39. The van der Waals surface area contributed by atoms with Crippen molar-refractivity contribution >= 4 is 11.6 Å². The lowest BCUT2D eigenvalue weighted by Gasteiger charge is -2.08.